The molecule has 21 heteroatoms. The maximum atomic E-state index is 12.1. The second kappa shape index (κ2) is 8.98. The summed E-state index contributed by atoms with van der Waals surface area (Å²) in [4.78, 5) is 40.2. The highest BCUT2D eigenvalue weighted by Crippen LogP contribution is 2.60. The first-order valence-electron chi connectivity index (χ1n) is 8.77. The molecule has 3 heterocycles. The maximum absolute atomic E-state index is 12.1. The van der Waals surface area contributed by atoms with Crippen LogP contribution in [0.2, 0.25) is 0 Å². The molecule has 1 aliphatic rings. The third-order valence-electron chi connectivity index (χ3n) is 4.36. The Hall–Kier alpha value is -1.42. The van der Waals surface area contributed by atoms with Crippen LogP contribution in [0, 0.1) is 0 Å². The maximum Gasteiger partial charge on any atom is 0.309 e. The van der Waals surface area contributed by atoms with E-state index in [4.69, 9.17) is 18.0 Å². The predicted molar refractivity (Wildman–Crippen MR) is 99.0 cm³/mol. The average Bonchev–Trinajstić information content (AvgIpc) is 3.07. The lowest BCUT2D eigenvalue weighted by Gasteiger charge is -2.40. The molecular formula is C12H16BN5O12P3-4. The summed E-state index contributed by atoms with van der Waals surface area (Å²) in [6.45, 7) is -0.885. The van der Waals surface area contributed by atoms with Crippen molar-refractivity contribution in [2.75, 3.05) is 18.2 Å². The van der Waals surface area contributed by atoms with Crippen molar-refractivity contribution in [1.29, 1.82) is 0 Å². The van der Waals surface area contributed by atoms with Gasteiger partial charge in [-0.2, -0.15) is 0 Å². The molecule has 0 amide bonds. The van der Waals surface area contributed by atoms with Crippen molar-refractivity contribution in [3.05, 3.63) is 6.33 Å². The molecule has 1 unspecified atom stereocenters. The highest BCUT2D eigenvalue weighted by atomic mass is 31.3. The van der Waals surface area contributed by atoms with Crippen LogP contribution in [-0.2, 0) is 34.3 Å². The number of rotatable bonds is 8. The van der Waals surface area contributed by atoms with Gasteiger partial charge in [-0.15, -0.1) is 0 Å². The number of ether oxygens (including phenoxy) is 1. The first kappa shape index (κ1) is 26.2. The first-order chi connectivity index (χ1) is 15.0. The molecule has 1 saturated heterocycles. The summed E-state index contributed by atoms with van der Waals surface area (Å²) in [5.74, 6) is -3.06. The van der Waals surface area contributed by atoms with Gasteiger partial charge < -0.3 is 70.6 Å². The van der Waals surface area contributed by atoms with Gasteiger partial charge in [-0.05, 0) is 0 Å². The van der Waals surface area contributed by atoms with E-state index in [2.05, 4.69) is 18.8 Å². The molecule has 6 atom stereocenters. The zero-order valence-electron chi connectivity index (χ0n) is 16.6. The zero-order valence-corrected chi connectivity index (χ0v) is 19.2. The van der Waals surface area contributed by atoms with Crippen LogP contribution in [0.3, 0.4) is 0 Å². The molecule has 17 nitrogen and oxygen atoms in total. The van der Waals surface area contributed by atoms with Crippen LogP contribution in [0.1, 0.15) is 6.23 Å². The van der Waals surface area contributed by atoms with Crippen molar-refractivity contribution in [1.82, 2.24) is 14.5 Å². The largest absolute Gasteiger partial charge is 0.856 e. The number of nitrogens with zero attached hydrogens (tertiary/aromatic N) is 4. The van der Waals surface area contributed by atoms with Gasteiger partial charge in [-0.3, -0.25) is 4.57 Å². The minimum absolute atomic E-state index is 0.00860. The molecule has 0 bridgehead atoms. The monoisotopic (exact) mass is 526 g/mol. The van der Waals surface area contributed by atoms with E-state index in [9.17, 15) is 43.7 Å². The van der Waals surface area contributed by atoms with Crippen LogP contribution in [0.25, 0.3) is 11.2 Å². The molecule has 183 valence electrons. The van der Waals surface area contributed by atoms with E-state index >= 15 is 0 Å². The third kappa shape index (κ3) is 5.99. The number of aryl methyl sites for hydroxylation is 1. The Bertz CT molecular complexity index is 1200. The highest BCUT2D eigenvalue weighted by molar-refractivity contribution is 7.85. The third-order valence-corrected chi connectivity index (χ3v) is 9.55. The molecule has 0 aliphatic carbocycles. The zero-order chi connectivity index (χ0) is 24.9. The summed E-state index contributed by atoms with van der Waals surface area (Å²) in [7, 11) is -9.45. The van der Waals surface area contributed by atoms with Gasteiger partial charge in [0.2, 0.25) is 6.23 Å². The van der Waals surface area contributed by atoms with Crippen LogP contribution >= 0.6 is 22.7 Å². The topological polar surface area (TPSA) is 272 Å². The summed E-state index contributed by atoms with van der Waals surface area (Å²) < 4.78 is 50.8. The molecule has 2 aromatic heterocycles. The first-order valence-corrected chi connectivity index (χ1v) is 13.8. The van der Waals surface area contributed by atoms with Crippen molar-refractivity contribution in [3.63, 3.8) is 0 Å². The Morgan fingerprint density at radius 2 is 1.91 bits per heavy atom. The summed E-state index contributed by atoms with van der Waals surface area (Å²) in [5.41, 5.74) is 5.47. The number of fused-ring (bicyclic) bond motifs is 1. The molecule has 4 N–H and O–H groups in total. The summed E-state index contributed by atoms with van der Waals surface area (Å²) in [5, 5.41) is 32.7. The van der Waals surface area contributed by atoms with Crippen LogP contribution in [-0.4, -0.2) is 63.1 Å². The Labute approximate surface area is 186 Å². The fraction of sp³-hybridized carbons (Fsp3) is 0.583. The van der Waals surface area contributed by atoms with E-state index in [0.717, 1.165) is 0 Å². The molecule has 0 saturated carbocycles. The van der Waals surface area contributed by atoms with Crippen LogP contribution < -0.4 is 30.1 Å². The van der Waals surface area contributed by atoms with Crippen molar-refractivity contribution in [2.45, 2.75) is 24.5 Å². The molecule has 33 heavy (non-hydrogen) atoms. The fourth-order valence-corrected chi connectivity index (χ4v) is 7.42. The standard InChI is InChI=1S/C12H19BN5O12P3/c1-17-3-18(9-6(17)10(21)16-12(14)15-9)11-8(20)7(19)5(29-11)2-28-33(13,27)30-32(25,26)4-31(22,23)24/h3,5,7-8,11,19-20H,2,4H2,1H3,(H5-,14,15,16,21,22,23,24,25,26)/q-1/p-3/t5-,7-,8-,11-,33-/m1/s1. The summed E-state index contributed by atoms with van der Waals surface area (Å²) >= 11 is 0. The number of hydrogen-bond donors (Lipinski definition) is 3. The van der Waals surface area contributed by atoms with Gasteiger partial charge in [0.05, 0.1) is 21.1 Å². The van der Waals surface area contributed by atoms with Crippen LogP contribution in [0.5, 0.6) is 5.88 Å². The number of aliphatic hydroxyl groups excluding tert-OH is 2. The summed E-state index contributed by atoms with van der Waals surface area (Å²) in [6, 6.07) is 0. The lowest BCUT2D eigenvalue weighted by atomic mass is 10.1. The number of anilines is 1. The highest BCUT2D eigenvalue weighted by Gasteiger charge is 2.47. The van der Waals surface area contributed by atoms with E-state index in [0.29, 0.717) is 0 Å². The van der Waals surface area contributed by atoms with Crippen molar-refractivity contribution >= 4 is 47.3 Å². The van der Waals surface area contributed by atoms with Gasteiger partial charge in [-0.25, -0.2) is 9.55 Å². The molecule has 0 aromatic carbocycles. The van der Waals surface area contributed by atoms with E-state index in [1.54, 1.807) is 0 Å². The van der Waals surface area contributed by atoms with Crippen LogP contribution in [0.4, 0.5) is 5.95 Å². The molecule has 0 spiro atoms. The lowest BCUT2D eigenvalue weighted by molar-refractivity contribution is -0.745. The number of hydrogen-bond acceptors (Lipinski definition) is 15. The Morgan fingerprint density at radius 3 is 2.52 bits per heavy atom. The van der Waals surface area contributed by atoms with Gasteiger partial charge in [0.15, 0.2) is 11.8 Å². The Kier molecular flexibility index (Phi) is 7.13. The average molecular weight is 526 g/mol. The van der Waals surface area contributed by atoms with E-state index in [1.165, 1.54) is 22.5 Å². The lowest BCUT2D eigenvalue weighted by Crippen LogP contribution is -2.46. The number of aliphatic hydroxyl groups is 2. The minimum Gasteiger partial charge on any atom is -0.856 e. The predicted octanol–water partition coefficient (Wildman–Crippen LogP) is -4.73. The Morgan fingerprint density at radius 1 is 1.27 bits per heavy atom. The number of nitrogen functional groups attached to an aromatic ring is 1. The molecule has 3 radical (unpaired) electrons. The smallest absolute Gasteiger partial charge is 0.309 e. The molecule has 1 aliphatic heterocycles. The van der Waals surface area contributed by atoms with Gasteiger partial charge in [0.25, 0.3) is 5.95 Å². The van der Waals surface area contributed by atoms with Crippen molar-refractivity contribution in [3.8, 4) is 5.88 Å². The van der Waals surface area contributed by atoms with Gasteiger partial charge in [-0.1, -0.05) is 12.6 Å². The van der Waals surface area contributed by atoms with E-state index in [-0.39, 0.29) is 17.1 Å². The number of aromatic nitrogens is 4. The van der Waals surface area contributed by atoms with E-state index in [1.807, 2.05) is 0 Å². The molecular weight excluding hydrogens is 510 g/mol. The van der Waals surface area contributed by atoms with E-state index < -0.39 is 65.6 Å². The second-order valence-electron chi connectivity index (χ2n) is 7.02. The number of imidazole rings is 1. The van der Waals surface area contributed by atoms with Gasteiger partial charge >= 0.3 is 5.65 Å². The second-order valence-corrected chi connectivity index (χ2v) is 12.6. The summed E-state index contributed by atoms with van der Waals surface area (Å²) in [6.07, 6.45) is -4.84. The van der Waals surface area contributed by atoms with Crippen molar-refractivity contribution < 1.29 is 61.8 Å². The number of nitrogens with two attached hydrogens (primary N) is 1. The molecule has 1 fully saturated rings. The van der Waals surface area contributed by atoms with Gasteiger partial charge in [0, 0.05) is 11.8 Å². The van der Waals surface area contributed by atoms with Crippen molar-refractivity contribution in [2.24, 2.45) is 7.05 Å². The fourth-order valence-electron chi connectivity index (χ4n) is 3.12. The molecule has 3 rings (SSSR count). The Balaban J connectivity index is 1.75. The van der Waals surface area contributed by atoms with Crippen LogP contribution in [0.15, 0.2) is 6.33 Å². The minimum atomic E-state index is -5.58. The normalized spacial score (nSPS) is 27.5. The quantitative estimate of drug-likeness (QED) is 0.166. The molecule has 2 aromatic rings. The van der Waals surface area contributed by atoms with Gasteiger partial charge in [0.1, 0.15) is 25.9 Å². The SMILES string of the molecule is [B-][P@@](=O)(OC[C@H]1O[C@@H]([n+]2cn(C)c3c([O-])nc(N)nc32)[C@H](O)[C@@H]1O)OP(=O)([O-])CP(=O)([O-])[O-].